The maximum absolute atomic E-state index is 13.3. The molecule has 8 nitrogen and oxygen atoms in total. The molecule has 0 atom stereocenters. The highest BCUT2D eigenvalue weighted by molar-refractivity contribution is 5.91. The molecule has 0 aliphatic rings. The van der Waals surface area contributed by atoms with Gasteiger partial charge in [-0.1, -0.05) is 0 Å². The Hall–Kier alpha value is -4.01. The van der Waals surface area contributed by atoms with Gasteiger partial charge in [0.1, 0.15) is 23.9 Å². The fourth-order valence-electron chi connectivity index (χ4n) is 3.28. The van der Waals surface area contributed by atoms with Crippen LogP contribution < -0.4 is 15.7 Å². The lowest BCUT2D eigenvalue weighted by Gasteiger charge is -2.08. The summed E-state index contributed by atoms with van der Waals surface area (Å²) in [5.41, 5.74) is 2.34. The minimum absolute atomic E-state index is 0.293. The van der Waals surface area contributed by atoms with Crippen LogP contribution in [-0.2, 0) is 11.3 Å². The fraction of sp³-hybridized carbons (Fsp3) is 0.182. The number of anilines is 1. The monoisotopic (exact) mass is 421 g/mol. The topological polar surface area (TPSA) is 90.5 Å². The predicted octanol–water partition coefficient (Wildman–Crippen LogP) is 2.96. The zero-order valence-corrected chi connectivity index (χ0v) is 17.2. The number of carbonyl (C=O) groups excluding carboxylic acids is 1. The van der Waals surface area contributed by atoms with Crippen molar-refractivity contribution >= 4 is 17.2 Å². The van der Waals surface area contributed by atoms with E-state index < -0.39 is 11.6 Å². The lowest BCUT2D eigenvalue weighted by atomic mass is 10.2. The van der Waals surface area contributed by atoms with E-state index in [4.69, 9.17) is 4.74 Å². The van der Waals surface area contributed by atoms with Gasteiger partial charge in [0.15, 0.2) is 5.65 Å². The molecule has 0 bridgehead atoms. The van der Waals surface area contributed by atoms with Crippen molar-refractivity contribution < 1.29 is 13.9 Å². The molecule has 0 radical (unpaired) electrons. The van der Waals surface area contributed by atoms with Crippen molar-refractivity contribution in [1.82, 2.24) is 19.2 Å². The number of nitrogens with zero attached hydrogens (tertiary/aromatic N) is 4. The second kappa shape index (κ2) is 8.02. The Bertz CT molecular complexity index is 1340. The molecule has 0 saturated heterocycles. The van der Waals surface area contributed by atoms with Crippen LogP contribution in [0.5, 0.6) is 5.75 Å². The third kappa shape index (κ3) is 4.02. The average Bonchev–Trinajstić information content (AvgIpc) is 3.04. The summed E-state index contributed by atoms with van der Waals surface area (Å²) in [6, 6.07) is 12.9. The van der Waals surface area contributed by atoms with E-state index in [-0.39, 0.29) is 12.4 Å². The van der Waals surface area contributed by atoms with E-state index in [1.807, 2.05) is 0 Å². The molecule has 2 aromatic heterocycles. The summed E-state index contributed by atoms with van der Waals surface area (Å²) in [6.45, 7) is 3.20. The lowest BCUT2D eigenvalue weighted by Crippen LogP contribution is -2.29. The number of rotatable bonds is 5. The number of ether oxygens (including phenoxy) is 1. The number of halogens is 1. The summed E-state index contributed by atoms with van der Waals surface area (Å²) in [6.07, 6.45) is 0. The highest BCUT2D eigenvalue weighted by Crippen LogP contribution is 2.21. The van der Waals surface area contributed by atoms with E-state index in [2.05, 4.69) is 15.4 Å². The van der Waals surface area contributed by atoms with Crippen molar-refractivity contribution in [1.29, 1.82) is 0 Å². The van der Waals surface area contributed by atoms with Gasteiger partial charge >= 0.3 is 5.69 Å². The minimum atomic E-state index is -0.487. The van der Waals surface area contributed by atoms with Gasteiger partial charge in [-0.25, -0.2) is 23.3 Å². The quantitative estimate of drug-likeness (QED) is 0.535. The van der Waals surface area contributed by atoms with Gasteiger partial charge in [-0.05, 0) is 61.9 Å². The predicted molar refractivity (Wildman–Crippen MR) is 114 cm³/mol. The Kier molecular flexibility index (Phi) is 5.24. The van der Waals surface area contributed by atoms with Gasteiger partial charge in [0.25, 0.3) is 0 Å². The zero-order valence-electron chi connectivity index (χ0n) is 17.2. The first-order valence-electron chi connectivity index (χ1n) is 9.53. The van der Waals surface area contributed by atoms with Crippen LogP contribution in [0.1, 0.15) is 11.3 Å². The maximum atomic E-state index is 13.3. The first kappa shape index (κ1) is 20.3. The molecule has 2 heterocycles. The van der Waals surface area contributed by atoms with Crippen LogP contribution in [0.3, 0.4) is 0 Å². The summed E-state index contributed by atoms with van der Waals surface area (Å²) in [4.78, 5) is 30.0. The van der Waals surface area contributed by atoms with Gasteiger partial charge in [0.2, 0.25) is 5.91 Å². The largest absolute Gasteiger partial charge is 0.497 e. The van der Waals surface area contributed by atoms with Gasteiger partial charge in [-0.3, -0.25) is 4.79 Å². The molecule has 4 aromatic rings. The lowest BCUT2D eigenvalue weighted by molar-refractivity contribution is -0.117. The molecule has 0 fully saturated rings. The summed E-state index contributed by atoms with van der Waals surface area (Å²) >= 11 is 0. The van der Waals surface area contributed by atoms with Crippen LogP contribution in [-0.4, -0.2) is 32.2 Å². The van der Waals surface area contributed by atoms with Crippen molar-refractivity contribution in [3.8, 4) is 17.1 Å². The Morgan fingerprint density at radius 3 is 2.55 bits per heavy atom. The third-order valence-electron chi connectivity index (χ3n) is 4.80. The number of hydrogen-bond donors (Lipinski definition) is 1. The second-order valence-corrected chi connectivity index (χ2v) is 7.09. The molecule has 4 rings (SSSR count). The number of methoxy groups -OCH3 is 1. The van der Waals surface area contributed by atoms with Crippen molar-refractivity contribution in [2.45, 2.75) is 20.4 Å². The van der Waals surface area contributed by atoms with Crippen molar-refractivity contribution in [2.75, 3.05) is 12.4 Å². The van der Waals surface area contributed by atoms with Gasteiger partial charge in [-0.15, -0.1) is 5.10 Å². The van der Waals surface area contributed by atoms with Gasteiger partial charge in [-0.2, -0.15) is 0 Å². The van der Waals surface area contributed by atoms with E-state index in [1.54, 1.807) is 51.3 Å². The Morgan fingerprint density at radius 1 is 1.13 bits per heavy atom. The van der Waals surface area contributed by atoms with Crippen LogP contribution in [0.2, 0.25) is 0 Å². The van der Waals surface area contributed by atoms with Crippen LogP contribution in [0.4, 0.5) is 10.1 Å². The normalized spacial score (nSPS) is 11.0. The molecule has 0 saturated carbocycles. The first-order chi connectivity index (χ1) is 14.9. The number of fused-ring (bicyclic) bond motifs is 1. The Morgan fingerprint density at radius 2 is 1.87 bits per heavy atom. The number of hydrogen-bond acceptors (Lipinski definition) is 5. The molecule has 158 valence electrons. The van der Waals surface area contributed by atoms with Crippen LogP contribution in [0.15, 0.2) is 53.3 Å². The van der Waals surface area contributed by atoms with Crippen LogP contribution in [0, 0.1) is 19.7 Å². The van der Waals surface area contributed by atoms with E-state index in [1.165, 1.54) is 22.6 Å². The molecule has 0 spiro atoms. The summed E-state index contributed by atoms with van der Waals surface area (Å²) in [5.74, 6) is 0.268. The zero-order chi connectivity index (χ0) is 22.1. The number of aromatic nitrogens is 4. The maximum Gasteiger partial charge on any atom is 0.352 e. The minimum Gasteiger partial charge on any atom is -0.497 e. The van der Waals surface area contributed by atoms with Crippen molar-refractivity contribution in [3.63, 3.8) is 0 Å². The van der Waals surface area contributed by atoms with Gasteiger partial charge in [0.05, 0.1) is 7.11 Å². The van der Waals surface area contributed by atoms with E-state index >= 15 is 0 Å². The van der Waals surface area contributed by atoms with Gasteiger partial charge in [0, 0.05) is 23.0 Å². The van der Waals surface area contributed by atoms with E-state index in [0.717, 1.165) is 4.68 Å². The van der Waals surface area contributed by atoms with Crippen LogP contribution >= 0.6 is 0 Å². The molecule has 9 heteroatoms. The number of amides is 1. The summed E-state index contributed by atoms with van der Waals surface area (Å²) in [5, 5.41) is 6.98. The first-order valence-corrected chi connectivity index (χ1v) is 9.53. The van der Waals surface area contributed by atoms with E-state index in [0.29, 0.717) is 39.7 Å². The molecular formula is C22H20FN5O3. The number of carbonyl (C=O) groups is 1. The Balaban J connectivity index is 1.69. The number of aryl methyl sites for hydroxylation is 2. The van der Waals surface area contributed by atoms with Crippen molar-refractivity contribution in [3.05, 3.63) is 76.1 Å². The molecule has 2 aromatic carbocycles. The molecule has 0 unspecified atom stereocenters. The SMILES string of the molecule is COc1ccc(-c2nc(C)cc3nn(CC(=O)Nc4ccc(F)cc4C)c(=O)n23)cc1. The number of benzene rings is 2. The average molecular weight is 421 g/mol. The third-order valence-corrected chi connectivity index (χ3v) is 4.80. The van der Waals surface area contributed by atoms with Gasteiger partial charge < -0.3 is 10.1 Å². The standard InChI is InChI=1S/C22H20FN5O3/c1-13-10-16(23)6-9-18(13)25-20(29)12-27-22(30)28-19(26-27)11-14(2)24-21(28)15-4-7-17(31-3)8-5-15/h4-11H,12H2,1-3H3,(H,25,29). The molecule has 0 aliphatic carbocycles. The highest BCUT2D eigenvalue weighted by Gasteiger charge is 2.17. The van der Waals surface area contributed by atoms with Crippen molar-refractivity contribution in [2.24, 2.45) is 0 Å². The highest BCUT2D eigenvalue weighted by atomic mass is 19.1. The Labute approximate surface area is 176 Å². The molecular weight excluding hydrogens is 401 g/mol. The molecule has 1 amide bonds. The number of nitrogens with one attached hydrogen (secondary N) is 1. The molecule has 31 heavy (non-hydrogen) atoms. The van der Waals surface area contributed by atoms with Crippen LogP contribution in [0.25, 0.3) is 17.0 Å². The summed E-state index contributed by atoms with van der Waals surface area (Å²) < 4.78 is 20.9. The second-order valence-electron chi connectivity index (χ2n) is 7.09. The fourth-order valence-corrected chi connectivity index (χ4v) is 3.28. The van der Waals surface area contributed by atoms with E-state index in [9.17, 15) is 14.0 Å². The molecule has 1 N–H and O–H groups in total. The molecule has 0 aliphatic heterocycles. The summed E-state index contributed by atoms with van der Waals surface area (Å²) in [7, 11) is 1.57. The smallest absolute Gasteiger partial charge is 0.352 e.